The molecule has 2 aliphatic heterocycles. The van der Waals surface area contributed by atoms with Gasteiger partial charge in [0, 0.05) is 29.9 Å². The summed E-state index contributed by atoms with van der Waals surface area (Å²) in [6, 6.07) is 12.0. The Labute approximate surface area is 189 Å². The number of ether oxygens (including phenoxy) is 2. The first-order chi connectivity index (χ1) is 15.5. The fraction of sp³-hybridized carbons (Fsp3) is 0.261. The van der Waals surface area contributed by atoms with Crippen molar-refractivity contribution in [2.45, 2.75) is 19.9 Å². The summed E-state index contributed by atoms with van der Waals surface area (Å²) in [4.78, 5) is 28.1. The molecule has 2 amide bonds. The normalized spacial score (nSPS) is 17.4. The third kappa shape index (κ3) is 3.27. The molecule has 32 heavy (non-hydrogen) atoms. The van der Waals surface area contributed by atoms with Gasteiger partial charge in [-0.25, -0.2) is 4.68 Å². The van der Waals surface area contributed by atoms with E-state index in [-0.39, 0.29) is 18.6 Å². The van der Waals surface area contributed by atoms with Gasteiger partial charge in [0.2, 0.25) is 12.7 Å². The number of halogens is 1. The largest absolute Gasteiger partial charge is 0.454 e. The number of carbonyl (C=O) groups is 2. The van der Waals surface area contributed by atoms with Crippen molar-refractivity contribution in [1.29, 1.82) is 0 Å². The number of rotatable bonds is 3. The second-order valence-electron chi connectivity index (χ2n) is 7.72. The second kappa shape index (κ2) is 7.87. The summed E-state index contributed by atoms with van der Waals surface area (Å²) in [5, 5.41) is 7.84. The van der Waals surface area contributed by atoms with E-state index in [1.165, 1.54) is 0 Å². The van der Waals surface area contributed by atoms with Crippen LogP contribution in [0.1, 0.15) is 33.4 Å². The molecule has 0 spiro atoms. The number of aryl methyl sites for hydroxylation is 1. The van der Waals surface area contributed by atoms with Crippen LogP contribution in [0.3, 0.4) is 0 Å². The average Bonchev–Trinajstić information content (AvgIpc) is 3.38. The monoisotopic (exact) mass is 452 g/mol. The van der Waals surface area contributed by atoms with Gasteiger partial charge in [-0.2, -0.15) is 5.10 Å². The predicted molar refractivity (Wildman–Crippen MR) is 117 cm³/mol. The number of nitrogens with one attached hydrogen (secondary N) is 1. The lowest BCUT2D eigenvalue weighted by molar-refractivity contribution is -0.128. The molecule has 2 aromatic carbocycles. The van der Waals surface area contributed by atoms with Gasteiger partial charge in [-0.1, -0.05) is 29.8 Å². The predicted octanol–water partition coefficient (Wildman–Crippen LogP) is 3.18. The number of aromatic nitrogens is 2. The zero-order valence-corrected chi connectivity index (χ0v) is 18.3. The molecule has 0 saturated carbocycles. The molecule has 1 unspecified atom stereocenters. The van der Waals surface area contributed by atoms with Crippen LogP contribution in [0.15, 0.2) is 42.5 Å². The highest BCUT2D eigenvalue weighted by Gasteiger charge is 2.39. The minimum Gasteiger partial charge on any atom is -0.454 e. The molecule has 8 nitrogen and oxygen atoms in total. The van der Waals surface area contributed by atoms with Crippen LogP contribution in [0, 0.1) is 13.8 Å². The Morgan fingerprint density at radius 3 is 2.75 bits per heavy atom. The molecule has 3 heterocycles. The maximum Gasteiger partial charge on any atom is 0.255 e. The Balaban J connectivity index is 1.56. The highest BCUT2D eigenvalue weighted by molar-refractivity contribution is 6.32. The van der Waals surface area contributed by atoms with Crippen molar-refractivity contribution < 1.29 is 19.1 Å². The highest BCUT2D eigenvalue weighted by atomic mass is 35.5. The molecule has 164 valence electrons. The summed E-state index contributed by atoms with van der Waals surface area (Å²) in [5.41, 5.74) is 3.43. The smallest absolute Gasteiger partial charge is 0.255 e. The Bertz CT molecular complexity index is 1220. The molecule has 0 aliphatic carbocycles. The molecule has 9 heteroatoms. The number of hydrogen-bond donors (Lipinski definition) is 1. The number of hydrogen-bond acceptors (Lipinski definition) is 5. The quantitative estimate of drug-likeness (QED) is 0.659. The average molecular weight is 453 g/mol. The summed E-state index contributed by atoms with van der Waals surface area (Å²) < 4.78 is 12.5. The summed E-state index contributed by atoms with van der Waals surface area (Å²) in [7, 11) is 0. The van der Waals surface area contributed by atoms with Gasteiger partial charge in [-0.05, 0) is 38.1 Å². The fourth-order valence-corrected chi connectivity index (χ4v) is 4.57. The van der Waals surface area contributed by atoms with Crippen LogP contribution in [0.5, 0.6) is 11.5 Å². The number of amides is 2. The maximum atomic E-state index is 13.5. The molecular formula is C23H21ClN4O4. The van der Waals surface area contributed by atoms with E-state index in [0.717, 1.165) is 11.4 Å². The molecule has 0 bridgehead atoms. The SMILES string of the molecule is Cc1nn(-c2ccccc2)c(C)c1C1C(=O)NCCN1C(=O)c1cc(Cl)c2c(c1)OCO2. The molecule has 5 rings (SSSR count). The lowest BCUT2D eigenvalue weighted by Crippen LogP contribution is -2.52. The van der Waals surface area contributed by atoms with Crippen LogP contribution in [0.2, 0.25) is 5.02 Å². The molecule has 3 aromatic rings. The molecule has 0 radical (unpaired) electrons. The van der Waals surface area contributed by atoms with E-state index in [2.05, 4.69) is 10.4 Å². The third-order valence-electron chi connectivity index (χ3n) is 5.77. The van der Waals surface area contributed by atoms with Gasteiger partial charge >= 0.3 is 0 Å². The molecular weight excluding hydrogens is 432 g/mol. The van der Waals surface area contributed by atoms with Crippen LogP contribution < -0.4 is 14.8 Å². The Kier molecular flexibility index (Phi) is 5.01. The summed E-state index contributed by atoms with van der Waals surface area (Å²) in [6.45, 7) is 4.54. The Hall–Kier alpha value is -3.52. The number of nitrogens with zero attached hydrogens (tertiary/aromatic N) is 3. The van der Waals surface area contributed by atoms with Crippen molar-refractivity contribution in [3.05, 3.63) is 70.0 Å². The molecule has 1 fully saturated rings. The van der Waals surface area contributed by atoms with Gasteiger partial charge in [0.25, 0.3) is 5.91 Å². The molecule has 1 atom stereocenters. The number of piperazine rings is 1. The number of fused-ring (bicyclic) bond motifs is 1. The van der Waals surface area contributed by atoms with Gasteiger partial charge in [-0.3, -0.25) is 9.59 Å². The molecule has 1 aromatic heterocycles. The lowest BCUT2D eigenvalue weighted by atomic mass is 9.99. The second-order valence-corrected chi connectivity index (χ2v) is 8.12. The molecule has 2 aliphatic rings. The van der Waals surface area contributed by atoms with E-state index < -0.39 is 6.04 Å². The summed E-state index contributed by atoms with van der Waals surface area (Å²) in [5.74, 6) is 0.293. The summed E-state index contributed by atoms with van der Waals surface area (Å²) in [6.07, 6.45) is 0. The van der Waals surface area contributed by atoms with Gasteiger partial charge in [0.05, 0.1) is 16.4 Å². The minimum absolute atomic E-state index is 0.0541. The molecule has 1 saturated heterocycles. The van der Waals surface area contributed by atoms with Crippen molar-refractivity contribution in [2.75, 3.05) is 19.9 Å². The first-order valence-corrected chi connectivity index (χ1v) is 10.6. The zero-order chi connectivity index (χ0) is 22.4. The first-order valence-electron chi connectivity index (χ1n) is 10.2. The first kappa shape index (κ1) is 20.4. The van der Waals surface area contributed by atoms with Gasteiger partial charge in [0.15, 0.2) is 11.5 Å². The standard InChI is InChI=1S/C23H21ClN4O4/c1-13-19(14(2)28(26-13)16-6-4-3-5-7-16)20-22(29)25-8-9-27(20)23(30)15-10-17(24)21-18(11-15)31-12-32-21/h3-7,10-11,20H,8-9,12H2,1-2H3,(H,25,29). The van der Waals surface area contributed by atoms with Crippen molar-refractivity contribution in [1.82, 2.24) is 20.0 Å². The van der Waals surface area contributed by atoms with E-state index in [0.29, 0.717) is 46.4 Å². The van der Waals surface area contributed by atoms with Crippen molar-refractivity contribution in [3.8, 4) is 17.2 Å². The highest BCUT2D eigenvalue weighted by Crippen LogP contribution is 2.41. The fourth-order valence-electron chi connectivity index (χ4n) is 4.30. The third-order valence-corrected chi connectivity index (χ3v) is 6.05. The van der Waals surface area contributed by atoms with Crippen LogP contribution in [0.25, 0.3) is 5.69 Å². The van der Waals surface area contributed by atoms with E-state index in [1.54, 1.807) is 21.7 Å². The van der Waals surface area contributed by atoms with E-state index in [9.17, 15) is 9.59 Å². The Morgan fingerprint density at radius 1 is 1.19 bits per heavy atom. The van der Waals surface area contributed by atoms with Crippen molar-refractivity contribution in [2.24, 2.45) is 0 Å². The summed E-state index contributed by atoms with van der Waals surface area (Å²) >= 11 is 6.29. The van der Waals surface area contributed by atoms with Crippen LogP contribution >= 0.6 is 11.6 Å². The van der Waals surface area contributed by atoms with Gasteiger partial charge in [0.1, 0.15) is 6.04 Å². The van der Waals surface area contributed by atoms with E-state index in [4.69, 9.17) is 21.1 Å². The van der Waals surface area contributed by atoms with Gasteiger partial charge in [-0.15, -0.1) is 0 Å². The number of para-hydroxylation sites is 1. The van der Waals surface area contributed by atoms with E-state index in [1.807, 2.05) is 44.2 Å². The van der Waals surface area contributed by atoms with Crippen molar-refractivity contribution >= 4 is 23.4 Å². The maximum absolute atomic E-state index is 13.5. The van der Waals surface area contributed by atoms with Gasteiger partial charge < -0.3 is 19.7 Å². The molecule has 1 N–H and O–H groups in total. The van der Waals surface area contributed by atoms with Crippen LogP contribution in [-0.2, 0) is 4.79 Å². The number of carbonyl (C=O) groups excluding carboxylic acids is 2. The lowest BCUT2D eigenvalue weighted by Gasteiger charge is -2.35. The van der Waals surface area contributed by atoms with Crippen LogP contribution in [-0.4, -0.2) is 46.4 Å². The Morgan fingerprint density at radius 2 is 1.97 bits per heavy atom. The van der Waals surface area contributed by atoms with Crippen molar-refractivity contribution in [3.63, 3.8) is 0 Å². The minimum atomic E-state index is -0.807. The zero-order valence-electron chi connectivity index (χ0n) is 17.6. The number of benzene rings is 2. The van der Waals surface area contributed by atoms with E-state index >= 15 is 0 Å². The topological polar surface area (TPSA) is 85.7 Å². The van der Waals surface area contributed by atoms with Crippen LogP contribution in [0.4, 0.5) is 0 Å².